The summed E-state index contributed by atoms with van der Waals surface area (Å²) < 4.78 is 5.40. The molecule has 3 nitrogen and oxygen atoms in total. The predicted molar refractivity (Wildman–Crippen MR) is 54.0 cm³/mol. The summed E-state index contributed by atoms with van der Waals surface area (Å²) in [6.45, 7) is 4.33. The fraction of sp³-hybridized carbons (Fsp3) is 0.636. The number of aliphatic hydroxyl groups excluding tert-OH is 1. The van der Waals surface area contributed by atoms with Gasteiger partial charge in [-0.2, -0.15) is 0 Å². The van der Waals surface area contributed by atoms with Crippen molar-refractivity contribution >= 4 is 0 Å². The first-order valence-corrected chi connectivity index (χ1v) is 5.09. The standard InChI is InChI=1S/C11H17NO2/c1-8-3-6-14-10(8)9(2)12-11(7-13)4-5-11/h3,6,9,12-13H,4-5,7H2,1-2H3. The van der Waals surface area contributed by atoms with E-state index in [4.69, 9.17) is 4.42 Å². The van der Waals surface area contributed by atoms with Gasteiger partial charge >= 0.3 is 0 Å². The summed E-state index contributed by atoms with van der Waals surface area (Å²) in [5, 5.41) is 12.6. The van der Waals surface area contributed by atoms with Gasteiger partial charge in [-0.1, -0.05) is 0 Å². The Kier molecular flexibility index (Phi) is 2.37. The molecule has 0 spiro atoms. The monoisotopic (exact) mass is 195 g/mol. The zero-order chi connectivity index (χ0) is 10.2. The molecule has 3 heteroatoms. The summed E-state index contributed by atoms with van der Waals surface area (Å²) in [5.74, 6) is 0.977. The number of nitrogens with one attached hydrogen (secondary N) is 1. The summed E-state index contributed by atoms with van der Waals surface area (Å²) in [4.78, 5) is 0. The molecule has 1 fully saturated rings. The molecule has 0 amide bonds. The summed E-state index contributed by atoms with van der Waals surface area (Å²) >= 11 is 0. The lowest BCUT2D eigenvalue weighted by molar-refractivity contribution is 0.215. The molecule has 14 heavy (non-hydrogen) atoms. The van der Waals surface area contributed by atoms with Crippen molar-refractivity contribution < 1.29 is 9.52 Å². The van der Waals surface area contributed by atoms with E-state index in [1.807, 2.05) is 13.0 Å². The van der Waals surface area contributed by atoms with Gasteiger partial charge in [0.15, 0.2) is 0 Å². The van der Waals surface area contributed by atoms with E-state index in [0.29, 0.717) is 0 Å². The normalized spacial score (nSPS) is 20.8. The maximum absolute atomic E-state index is 9.18. The van der Waals surface area contributed by atoms with Crippen LogP contribution in [-0.2, 0) is 0 Å². The molecule has 1 saturated carbocycles. The lowest BCUT2D eigenvalue weighted by atomic mass is 10.1. The number of hydrogen-bond acceptors (Lipinski definition) is 3. The minimum Gasteiger partial charge on any atom is -0.467 e. The average molecular weight is 195 g/mol. The molecule has 0 saturated heterocycles. The highest BCUT2D eigenvalue weighted by Crippen LogP contribution is 2.37. The largest absolute Gasteiger partial charge is 0.467 e. The Morgan fingerprint density at radius 3 is 2.79 bits per heavy atom. The van der Waals surface area contributed by atoms with Gasteiger partial charge < -0.3 is 9.52 Å². The highest BCUT2D eigenvalue weighted by atomic mass is 16.3. The third-order valence-corrected chi connectivity index (χ3v) is 2.97. The van der Waals surface area contributed by atoms with Gasteiger partial charge in [0.2, 0.25) is 0 Å². The van der Waals surface area contributed by atoms with Crippen molar-refractivity contribution in [1.29, 1.82) is 0 Å². The van der Waals surface area contributed by atoms with Crippen molar-refractivity contribution in [2.75, 3.05) is 6.61 Å². The first-order valence-electron chi connectivity index (χ1n) is 5.09. The quantitative estimate of drug-likeness (QED) is 0.769. The van der Waals surface area contributed by atoms with E-state index in [9.17, 15) is 5.11 Å². The Morgan fingerprint density at radius 2 is 2.36 bits per heavy atom. The van der Waals surface area contributed by atoms with Gasteiger partial charge in [-0.15, -0.1) is 0 Å². The van der Waals surface area contributed by atoms with E-state index in [-0.39, 0.29) is 18.2 Å². The number of hydrogen-bond donors (Lipinski definition) is 2. The Morgan fingerprint density at radius 1 is 1.64 bits per heavy atom. The fourth-order valence-corrected chi connectivity index (χ4v) is 1.85. The molecule has 1 aliphatic carbocycles. The molecule has 1 aromatic rings. The molecule has 0 radical (unpaired) electrons. The fourth-order valence-electron chi connectivity index (χ4n) is 1.85. The van der Waals surface area contributed by atoms with Crippen LogP contribution in [0.3, 0.4) is 0 Å². The molecule has 1 aromatic heterocycles. The first-order chi connectivity index (χ1) is 6.67. The number of aliphatic hydroxyl groups is 1. The third kappa shape index (κ3) is 1.70. The van der Waals surface area contributed by atoms with Crippen LogP contribution in [0, 0.1) is 6.92 Å². The number of aryl methyl sites for hydroxylation is 1. The van der Waals surface area contributed by atoms with Gasteiger partial charge in [0, 0.05) is 5.54 Å². The van der Waals surface area contributed by atoms with Crippen molar-refractivity contribution in [1.82, 2.24) is 5.32 Å². The first kappa shape index (κ1) is 9.74. The third-order valence-electron chi connectivity index (χ3n) is 2.97. The van der Waals surface area contributed by atoms with E-state index in [1.54, 1.807) is 6.26 Å². The Hall–Kier alpha value is -0.800. The molecule has 1 aliphatic rings. The minimum absolute atomic E-state index is 0.0291. The van der Waals surface area contributed by atoms with Gasteiger partial charge in [0.1, 0.15) is 5.76 Å². The second-order valence-corrected chi connectivity index (χ2v) is 4.27. The van der Waals surface area contributed by atoms with Crippen LogP contribution >= 0.6 is 0 Å². The molecule has 0 aromatic carbocycles. The highest BCUT2D eigenvalue weighted by molar-refractivity contribution is 5.19. The van der Waals surface area contributed by atoms with Crippen molar-refractivity contribution in [3.8, 4) is 0 Å². The summed E-state index contributed by atoms with van der Waals surface area (Å²) in [7, 11) is 0. The van der Waals surface area contributed by atoms with Gasteiger partial charge in [-0.3, -0.25) is 5.32 Å². The van der Waals surface area contributed by atoms with Crippen LogP contribution < -0.4 is 5.32 Å². The Balaban J connectivity index is 2.03. The lowest BCUT2D eigenvalue weighted by Gasteiger charge is -2.19. The van der Waals surface area contributed by atoms with E-state index >= 15 is 0 Å². The SMILES string of the molecule is Cc1ccoc1C(C)NC1(CO)CC1. The molecule has 2 N–H and O–H groups in total. The molecule has 78 valence electrons. The number of rotatable bonds is 4. The highest BCUT2D eigenvalue weighted by Gasteiger charge is 2.43. The van der Waals surface area contributed by atoms with Crippen molar-refractivity contribution in [3.63, 3.8) is 0 Å². The smallest absolute Gasteiger partial charge is 0.123 e. The van der Waals surface area contributed by atoms with Crippen LogP contribution in [-0.4, -0.2) is 17.3 Å². The van der Waals surface area contributed by atoms with E-state index < -0.39 is 0 Å². The minimum atomic E-state index is -0.0291. The topological polar surface area (TPSA) is 45.4 Å². The second kappa shape index (κ2) is 3.41. The molecule has 1 unspecified atom stereocenters. The molecule has 1 atom stereocenters. The molecule has 0 bridgehead atoms. The van der Waals surface area contributed by atoms with Crippen LogP contribution in [0.5, 0.6) is 0 Å². The Bertz CT molecular complexity index is 315. The summed E-state index contributed by atoms with van der Waals surface area (Å²) in [5.41, 5.74) is 1.14. The van der Waals surface area contributed by atoms with Gasteiger partial charge in [-0.05, 0) is 38.3 Å². The summed E-state index contributed by atoms with van der Waals surface area (Å²) in [6.07, 6.45) is 3.84. The number of furan rings is 1. The van der Waals surface area contributed by atoms with E-state index in [0.717, 1.165) is 18.6 Å². The van der Waals surface area contributed by atoms with Crippen LogP contribution in [0.25, 0.3) is 0 Å². The zero-order valence-corrected chi connectivity index (χ0v) is 8.71. The van der Waals surface area contributed by atoms with Crippen molar-refractivity contribution in [3.05, 3.63) is 23.7 Å². The molecule has 0 aliphatic heterocycles. The van der Waals surface area contributed by atoms with Crippen LogP contribution in [0.4, 0.5) is 0 Å². The van der Waals surface area contributed by atoms with E-state index in [1.165, 1.54) is 5.56 Å². The van der Waals surface area contributed by atoms with Crippen LogP contribution in [0.2, 0.25) is 0 Å². The predicted octanol–water partition coefficient (Wildman–Crippen LogP) is 1.76. The average Bonchev–Trinajstić information content (AvgIpc) is 2.80. The molecule has 1 heterocycles. The molecule has 2 rings (SSSR count). The molecular weight excluding hydrogens is 178 g/mol. The van der Waals surface area contributed by atoms with E-state index in [2.05, 4.69) is 12.2 Å². The van der Waals surface area contributed by atoms with Gasteiger partial charge in [0.25, 0.3) is 0 Å². The Labute approximate surface area is 84.1 Å². The van der Waals surface area contributed by atoms with Gasteiger partial charge in [-0.25, -0.2) is 0 Å². The zero-order valence-electron chi connectivity index (χ0n) is 8.71. The van der Waals surface area contributed by atoms with Crippen molar-refractivity contribution in [2.24, 2.45) is 0 Å². The molecular formula is C11H17NO2. The second-order valence-electron chi connectivity index (χ2n) is 4.27. The maximum Gasteiger partial charge on any atom is 0.123 e. The van der Waals surface area contributed by atoms with Gasteiger partial charge in [0.05, 0.1) is 18.9 Å². The maximum atomic E-state index is 9.18. The summed E-state index contributed by atoms with van der Waals surface area (Å²) in [6, 6.07) is 2.14. The lowest BCUT2D eigenvalue weighted by Crippen LogP contribution is -2.36. The van der Waals surface area contributed by atoms with Crippen molar-refractivity contribution in [2.45, 2.75) is 38.3 Å². The van der Waals surface area contributed by atoms with Crippen LogP contribution in [0.1, 0.15) is 37.1 Å². The van der Waals surface area contributed by atoms with Crippen LogP contribution in [0.15, 0.2) is 16.7 Å².